The third kappa shape index (κ3) is 4.11. The maximum Gasteiger partial charge on any atom is 0.270 e. The molecule has 0 spiro atoms. The zero-order valence-electron chi connectivity index (χ0n) is 15.2. The van der Waals surface area contributed by atoms with Crippen molar-refractivity contribution in [2.75, 3.05) is 13.2 Å². The first-order chi connectivity index (χ1) is 13.7. The molecule has 0 radical (unpaired) electrons. The Kier molecular flexibility index (Phi) is 5.18. The number of nitrogens with one attached hydrogen (secondary N) is 1. The number of benzene rings is 2. The van der Waals surface area contributed by atoms with E-state index in [1.807, 2.05) is 24.3 Å². The number of rotatable bonds is 4. The van der Waals surface area contributed by atoms with Crippen LogP contribution >= 0.6 is 0 Å². The topological polar surface area (TPSA) is 84.2 Å². The Morgan fingerprint density at radius 1 is 1.14 bits per heavy atom. The predicted molar refractivity (Wildman–Crippen MR) is 104 cm³/mol. The summed E-state index contributed by atoms with van der Waals surface area (Å²) in [4.78, 5) is 16.9. The number of hydrogen-bond donors (Lipinski definition) is 1. The molecule has 1 saturated heterocycles. The molecule has 1 atom stereocenters. The lowest BCUT2D eigenvalue weighted by Gasteiger charge is -2.22. The fraction of sp³-hybridized carbons (Fsp3) is 0.227. The lowest BCUT2D eigenvalue weighted by molar-refractivity contribution is 0.0622. The minimum absolute atomic E-state index is 0.0435. The van der Waals surface area contributed by atoms with Gasteiger partial charge in [0.15, 0.2) is 0 Å². The van der Waals surface area contributed by atoms with Crippen molar-refractivity contribution in [1.82, 2.24) is 10.3 Å². The van der Waals surface area contributed by atoms with E-state index in [0.717, 1.165) is 30.4 Å². The summed E-state index contributed by atoms with van der Waals surface area (Å²) >= 11 is 0. The summed E-state index contributed by atoms with van der Waals surface area (Å²) in [5.74, 6) is 1.13. The lowest BCUT2D eigenvalue weighted by Crippen LogP contribution is -2.40. The molecule has 0 saturated carbocycles. The van der Waals surface area contributed by atoms with Crippen LogP contribution in [0.3, 0.4) is 0 Å². The Morgan fingerprint density at radius 2 is 1.96 bits per heavy atom. The lowest BCUT2D eigenvalue weighted by atomic mass is 10.1. The van der Waals surface area contributed by atoms with Gasteiger partial charge in [-0.05, 0) is 61.4 Å². The second-order valence-corrected chi connectivity index (χ2v) is 6.68. The Labute approximate surface area is 162 Å². The largest absolute Gasteiger partial charge is 0.457 e. The number of fused-ring (bicyclic) bond motifs is 1. The van der Waals surface area contributed by atoms with Crippen LogP contribution in [0.25, 0.3) is 10.9 Å². The highest BCUT2D eigenvalue weighted by Crippen LogP contribution is 2.25. The van der Waals surface area contributed by atoms with Crippen molar-refractivity contribution in [2.45, 2.75) is 18.9 Å². The van der Waals surface area contributed by atoms with E-state index in [0.29, 0.717) is 29.4 Å². The van der Waals surface area contributed by atoms with Gasteiger partial charge >= 0.3 is 0 Å². The summed E-state index contributed by atoms with van der Waals surface area (Å²) in [6, 6.07) is 18.1. The number of nitrogens with zero attached hydrogens (tertiary/aromatic N) is 2. The molecule has 1 N–H and O–H groups in total. The fourth-order valence-corrected chi connectivity index (χ4v) is 3.14. The first-order valence-electron chi connectivity index (χ1n) is 9.19. The highest BCUT2D eigenvalue weighted by Gasteiger charge is 2.18. The Morgan fingerprint density at radius 3 is 2.71 bits per heavy atom. The second kappa shape index (κ2) is 8.07. The van der Waals surface area contributed by atoms with Gasteiger partial charge in [0.2, 0.25) is 0 Å². The van der Waals surface area contributed by atoms with Gasteiger partial charge in [0.1, 0.15) is 17.2 Å². The van der Waals surface area contributed by atoms with Gasteiger partial charge in [-0.3, -0.25) is 4.79 Å². The molecule has 28 heavy (non-hydrogen) atoms. The third-order valence-corrected chi connectivity index (χ3v) is 4.61. The van der Waals surface area contributed by atoms with Crippen LogP contribution in [0, 0.1) is 11.3 Å². The molecule has 140 valence electrons. The average molecular weight is 373 g/mol. The molecule has 1 aliphatic rings. The van der Waals surface area contributed by atoms with Crippen LogP contribution in [-0.2, 0) is 4.74 Å². The molecule has 1 fully saturated rings. The molecule has 0 aliphatic carbocycles. The zero-order valence-corrected chi connectivity index (χ0v) is 15.2. The molecule has 6 heteroatoms. The third-order valence-electron chi connectivity index (χ3n) is 4.61. The zero-order chi connectivity index (χ0) is 19.3. The van der Waals surface area contributed by atoms with E-state index in [-0.39, 0.29) is 11.9 Å². The molecule has 6 nitrogen and oxygen atoms in total. The minimum atomic E-state index is -0.185. The molecule has 2 aromatic carbocycles. The number of pyridine rings is 1. The predicted octanol–water partition coefficient (Wildman–Crippen LogP) is 3.81. The Bertz CT molecular complexity index is 1040. The second-order valence-electron chi connectivity index (χ2n) is 6.68. The van der Waals surface area contributed by atoms with Gasteiger partial charge in [0.25, 0.3) is 5.91 Å². The molecule has 0 unspecified atom stereocenters. The van der Waals surface area contributed by atoms with Crippen LogP contribution in [0.1, 0.15) is 28.9 Å². The van der Waals surface area contributed by atoms with Crippen molar-refractivity contribution >= 4 is 16.8 Å². The van der Waals surface area contributed by atoms with Crippen LogP contribution in [0.5, 0.6) is 11.5 Å². The summed E-state index contributed by atoms with van der Waals surface area (Å²) in [5.41, 5.74) is 1.69. The number of hydrogen-bond acceptors (Lipinski definition) is 5. The molecule has 0 bridgehead atoms. The van der Waals surface area contributed by atoms with E-state index in [1.54, 1.807) is 30.3 Å². The molecule has 2 heterocycles. The standard InChI is InChI=1S/C22H19N3O3/c23-13-15-3-6-18(7-4-15)28-19-8-10-20-16(12-19)5-9-21(25-20)22(26)24-17-2-1-11-27-14-17/h3-10,12,17H,1-2,11,14H2,(H,24,26)/t17-/m0/s1. The van der Waals surface area contributed by atoms with E-state index >= 15 is 0 Å². The van der Waals surface area contributed by atoms with Gasteiger partial charge in [-0.1, -0.05) is 6.07 Å². The van der Waals surface area contributed by atoms with Gasteiger partial charge in [-0.15, -0.1) is 0 Å². The van der Waals surface area contributed by atoms with Gasteiger partial charge in [0, 0.05) is 12.0 Å². The van der Waals surface area contributed by atoms with Gasteiger partial charge < -0.3 is 14.8 Å². The summed E-state index contributed by atoms with van der Waals surface area (Å²) in [7, 11) is 0. The van der Waals surface area contributed by atoms with Gasteiger partial charge in [-0.2, -0.15) is 5.26 Å². The van der Waals surface area contributed by atoms with E-state index in [2.05, 4.69) is 16.4 Å². The smallest absolute Gasteiger partial charge is 0.270 e. The van der Waals surface area contributed by atoms with Crippen LogP contribution < -0.4 is 10.1 Å². The average Bonchev–Trinajstić information content (AvgIpc) is 2.74. The van der Waals surface area contributed by atoms with Gasteiger partial charge in [-0.25, -0.2) is 4.98 Å². The number of amides is 1. The SMILES string of the molecule is N#Cc1ccc(Oc2ccc3nc(C(=O)N[C@H]4CCCOC4)ccc3c2)cc1. The van der Waals surface area contributed by atoms with E-state index in [4.69, 9.17) is 14.7 Å². The quantitative estimate of drug-likeness (QED) is 0.752. The number of carbonyl (C=O) groups is 1. The van der Waals surface area contributed by atoms with Gasteiger partial charge in [0.05, 0.1) is 29.8 Å². The highest BCUT2D eigenvalue weighted by molar-refractivity contribution is 5.95. The highest BCUT2D eigenvalue weighted by atomic mass is 16.5. The van der Waals surface area contributed by atoms with Crippen molar-refractivity contribution in [3.8, 4) is 17.6 Å². The summed E-state index contributed by atoms with van der Waals surface area (Å²) < 4.78 is 11.2. The van der Waals surface area contributed by atoms with Crippen molar-refractivity contribution in [2.24, 2.45) is 0 Å². The monoisotopic (exact) mass is 373 g/mol. The molecule has 3 aromatic rings. The van der Waals surface area contributed by atoms with Crippen LogP contribution in [0.4, 0.5) is 0 Å². The molecule has 4 rings (SSSR count). The molecule has 1 amide bonds. The summed E-state index contributed by atoms with van der Waals surface area (Å²) in [5, 5.41) is 12.7. The number of aromatic nitrogens is 1. The molecular weight excluding hydrogens is 354 g/mol. The maximum absolute atomic E-state index is 12.4. The first kappa shape index (κ1) is 18.0. The van der Waals surface area contributed by atoms with E-state index in [9.17, 15) is 4.79 Å². The van der Waals surface area contributed by atoms with E-state index < -0.39 is 0 Å². The summed E-state index contributed by atoms with van der Waals surface area (Å²) in [6.45, 7) is 1.31. The van der Waals surface area contributed by atoms with Crippen molar-refractivity contribution in [3.05, 3.63) is 65.9 Å². The number of carbonyl (C=O) groups excluding carboxylic acids is 1. The Balaban J connectivity index is 1.48. The fourth-order valence-electron chi connectivity index (χ4n) is 3.14. The summed E-state index contributed by atoms with van der Waals surface area (Å²) in [6.07, 6.45) is 1.88. The minimum Gasteiger partial charge on any atom is -0.457 e. The number of ether oxygens (including phenoxy) is 2. The molecule has 1 aromatic heterocycles. The Hall–Kier alpha value is -3.43. The number of nitriles is 1. The van der Waals surface area contributed by atoms with Crippen LogP contribution in [-0.4, -0.2) is 30.1 Å². The molecule has 1 aliphatic heterocycles. The molecular formula is C22H19N3O3. The van der Waals surface area contributed by atoms with Crippen LogP contribution in [0.2, 0.25) is 0 Å². The normalized spacial score (nSPS) is 16.3. The van der Waals surface area contributed by atoms with Crippen molar-refractivity contribution < 1.29 is 14.3 Å². The van der Waals surface area contributed by atoms with Crippen LogP contribution in [0.15, 0.2) is 54.6 Å². The van der Waals surface area contributed by atoms with E-state index in [1.165, 1.54) is 0 Å². The first-order valence-corrected chi connectivity index (χ1v) is 9.19. The maximum atomic E-state index is 12.4. The van der Waals surface area contributed by atoms with Crippen molar-refractivity contribution in [3.63, 3.8) is 0 Å². The van der Waals surface area contributed by atoms with Crippen molar-refractivity contribution in [1.29, 1.82) is 5.26 Å².